The Kier molecular flexibility index (Phi) is 4.54. The zero-order valence-corrected chi connectivity index (χ0v) is 13.3. The number of aliphatic hydroxyl groups excluding tert-OH is 1. The van der Waals surface area contributed by atoms with Crippen LogP contribution in [0.4, 0.5) is 0 Å². The lowest BCUT2D eigenvalue weighted by Crippen LogP contribution is -2.32. The summed E-state index contributed by atoms with van der Waals surface area (Å²) in [6, 6.07) is 6.67. The van der Waals surface area contributed by atoms with Crippen molar-refractivity contribution in [2.24, 2.45) is 0 Å². The van der Waals surface area contributed by atoms with Gasteiger partial charge < -0.3 is 14.7 Å². The fraction of sp³-hybridized carbons (Fsp3) is 0.412. The highest BCUT2D eigenvalue weighted by molar-refractivity contribution is 6.28. The average Bonchev–Trinajstić information content (AvgIpc) is 2.73. The van der Waals surface area contributed by atoms with Crippen LogP contribution in [0.5, 0.6) is 5.75 Å². The Morgan fingerprint density at radius 1 is 1.23 bits per heavy atom. The number of ether oxygens (including phenoxy) is 1. The molecule has 2 rings (SSSR count). The van der Waals surface area contributed by atoms with E-state index in [1.807, 2.05) is 27.7 Å². The Bertz CT molecular complexity index is 631. The summed E-state index contributed by atoms with van der Waals surface area (Å²) < 4.78 is 5.57. The van der Waals surface area contributed by atoms with Gasteiger partial charge in [-0.1, -0.05) is 12.1 Å². The van der Waals surface area contributed by atoms with Crippen molar-refractivity contribution in [3.8, 4) is 5.75 Å². The summed E-state index contributed by atoms with van der Waals surface area (Å²) in [4.78, 5) is 25.8. The molecule has 5 nitrogen and oxygen atoms in total. The third kappa shape index (κ3) is 3.13. The molecule has 0 aromatic heterocycles. The van der Waals surface area contributed by atoms with Crippen LogP contribution in [0, 0.1) is 0 Å². The van der Waals surface area contributed by atoms with E-state index in [-0.39, 0.29) is 35.8 Å². The van der Waals surface area contributed by atoms with Gasteiger partial charge in [-0.15, -0.1) is 0 Å². The number of likely N-dealkylation sites (tertiary alicyclic amines) is 1. The van der Waals surface area contributed by atoms with Crippen LogP contribution in [0.1, 0.15) is 33.3 Å². The van der Waals surface area contributed by atoms with Crippen molar-refractivity contribution in [1.82, 2.24) is 4.90 Å². The van der Waals surface area contributed by atoms with Gasteiger partial charge in [-0.05, 0) is 39.8 Å². The smallest absolute Gasteiger partial charge is 0.262 e. The number of aliphatic hydroxyl groups is 1. The normalized spacial score (nSPS) is 17.6. The minimum Gasteiger partial charge on any atom is -0.506 e. The van der Waals surface area contributed by atoms with Crippen molar-refractivity contribution in [3.63, 3.8) is 0 Å². The van der Waals surface area contributed by atoms with Gasteiger partial charge in [0.15, 0.2) is 5.78 Å². The summed E-state index contributed by atoms with van der Waals surface area (Å²) in [6.45, 7) is 7.48. The summed E-state index contributed by atoms with van der Waals surface area (Å²) in [6.07, 6.45) is -0.00350. The second kappa shape index (κ2) is 6.22. The molecule has 1 N–H and O–H groups in total. The molecule has 5 heteroatoms. The zero-order valence-electron chi connectivity index (χ0n) is 13.3. The van der Waals surface area contributed by atoms with Crippen molar-refractivity contribution in [2.75, 3.05) is 6.54 Å². The molecule has 118 valence electrons. The Morgan fingerprint density at radius 3 is 2.45 bits per heavy atom. The van der Waals surface area contributed by atoms with Gasteiger partial charge in [-0.2, -0.15) is 0 Å². The average molecular weight is 303 g/mol. The van der Waals surface area contributed by atoms with Crippen LogP contribution in [0.3, 0.4) is 0 Å². The van der Waals surface area contributed by atoms with Gasteiger partial charge in [0.1, 0.15) is 17.1 Å². The number of Topliss-reactive ketones (excluding diaryl/α,β-unsaturated/α-hetero) is 1. The van der Waals surface area contributed by atoms with E-state index >= 15 is 0 Å². The van der Waals surface area contributed by atoms with Crippen molar-refractivity contribution in [3.05, 3.63) is 35.4 Å². The van der Waals surface area contributed by atoms with Crippen LogP contribution in [0.15, 0.2) is 29.8 Å². The Balaban J connectivity index is 2.39. The first-order valence-electron chi connectivity index (χ1n) is 7.35. The standard InChI is InChI=1S/C17H21NO4/c1-10(2)18-9-14(19)15(17(18)21)16(20)12-6-5-7-13(8-12)22-11(3)4/h5-8,10-11,20H,9H2,1-4H3/b16-15-. The first kappa shape index (κ1) is 16.1. The van der Waals surface area contributed by atoms with Crippen molar-refractivity contribution in [2.45, 2.75) is 39.8 Å². The number of carbonyl (C=O) groups is 2. The van der Waals surface area contributed by atoms with E-state index in [9.17, 15) is 14.7 Å². The molecule has 0 aliphatic carbocycles. The molecule has 1 amide bonds. The molecule has 0 radical (unpaired) electrons. The summed E-state index contributed by atoms with van der Waals surface area (Å²) in [5.41, 5.74) is 0.260. The molecule has 1 aromatic rings. The maximum absolute atomic E-state index is 12.3. The van der Waals surface area contributed by atoms with Crippen LogP contribution in [0.2, 0.25) is 0 Å². The van der Waals surface area contributed by atoms with E-state index in [4.69, 9.17) is 4.74 Å². The quantitative estimate of drug-likeness (QED) is 0.527. The molecule has 1 fully saturated rings. The van der Waals surface area contributed by atoms with E-state index in [0.717, 1.165) is 0 Å². The third-order valence-electron chi connectivity index (χ3n) is 3.41. The van der Waals surface area contributed by atoms with Crippen molar-refractivity contribution >= 4 is 17.4 Å². The first-order chi connectivity index (χ1) is 10.3. The number of hydrogen-bond acceptors (Lipinski definition) is 4. The van der Waals surface area contributed by atoms with E-state index < -0.39 is 5.91 Å². The van der Waals surface area contributed by atoms with Crippen LogP contribution in [-0.4, -0.2) is 40.4 Å². The third-order valence-corrected chi connectivity index (χ3v) is 3.41. The molecule has 22 heavy (non-hydrogen) atoms. The van der Waals surface area contributed by atoms with Gasteiger partial charge in [0.05, 0.1) is 12.6 Å². The Morgan fingerprint density at radius 2 is 1.91 bits per heavy atom. The SMILES string of the molecule is CC(C)Oc1cccc(/C(O)=C2\C(=O)CN(C(C)C)C2=O)c1. The fourth-order valence-electron chi connectivity index (χ4n) is 2.35. The summed E-state index contributed by atoms with van der Waals surface area (Å²) in [5, 5.41) is 10.4. The van der Waals surface area contributed by atoms with Crippen molar-refractivity contribution < 1.29 is 19.4 Å². The molecule has 1 aliphatic heterocycles. The van der Waals surface area contributed by atoms with E-state index in [1.165, 1.54) is 4.90 Å². The number of ketones is 1. The lowest BCUT2D eigenvalue weighted by Gasteiger charge is -2.18. The van der Waals surface area contributed by atoms with Gasteiger partial charge in [0.2, 0.25) is 0 Å². The van der Waals surface area contributed by atoms with Gasteiger partial charge >= 0.3 is 0 Å². The van der Waals surface area contributed by atoms with E-state index in [0.29, 0.717) is 11.3 Å². The second-order valence-corrected chi connectivity index (χ2v) is 5.87. The van der Waals surface area contributed by atoms with Crippen LogP contribution in [-0.2, 0) is 9.59 Å². The number of hydrogen-bond donors (Lipinski definition) is 1. The molecule has 0 bridgehead atoms. The highest BCUT2D eigenvalue weighted by Crippen LogP contribution is 2.26. The zero-order chi connectivity index (χ0) is 16.4. The minimum absolute atomic E-state index is 0.00350. The molecule has 0 unspecified atom stereocenters. The number of nitrogens with zero attached hydrogens (tertiary/aromatic N) is 1. The van der Waals surface area contributed by atoms with Crippen LogP contribution >= 0.6 is 0 Å². The summed E-state index contributed by atoms with van der Waals surface area (Å²) in [7, 11) is 0. The van der Waals surface area contributed by atoms with Gasteiger partial charge in [-0.25, -0.2) is 0 Å². The number of amides is 1. The Labute approximate surface area is 130 Å². The number of carbonyl (C=O) groups excluding carboxylic acids is 2. The van der Waals surface area contributed by atoms with E-state index in [1.54, 1.807) is 24.3 Å². The second-order valence-electron chi connectivity index (χ2n) is 5.87. The highest BCUT2D eigenvalue weighted by atomic mass is 16.5. The highest BCUT2D eigenvalue weighted by Gasteiger charge is 2.38. The molecule has 0 spiro atoms. The predicted octanol–water partition coefficient (Wildman–Crippen LogP) is 2.56. The van der Waals surface area contributed by atoms with Gasteiger partial charge in [-0.3, -0.25) is 9.59 Å². The van der Waals surface area contributed by atoms with Crippen LogP contribution in [0.25, 0.3) is 5.76 Å². The summed E-state index contributed by atoms with van der Waals surface area (Å²) in [5.74, 6) is -0.482. The largest absolute Gasteiger partial charge is 0.506 e. The molecule has 1 aromatic carbocycles. The van der Waals surface area contributed by atoms with Crippen molar-refractivity contribution in [1.29, 1.82) is 0 Å². The first-order valence-corrected chi connectivity index (χ1v) is 7.35. The maximum atomic E-state index is 12.3. The molecule has 0 saturated carbocycles. The molecule has 1 saturated heterocycles. The lowest BCUT2D eigenvalue weighted by molar-refractivity contribution is -0.126. The Hall–Kier alpha value is -2.30. The van der Waals surface area contributed by atoms with E-state index in [2.05, 4.69) is 0 Å². The summed E-state index contributed by atoms with van der Waals surface area (Å²) >= 11 is 0. The number of rotatable bonds is 4. The van der Waals surface area contributed by atoms with Gasteiger partial charge in [0.25, 0.3) is 5.91 Å². The fourth-order valence-corrected chi connectivity index (χ4v) is 2.35. The molecule has 0 atom stereocenters. The number of benzene rings is 1. The van der Waals surface area contributed by atoms with Crippen LogP contribution < -0.4 is 4.74 Å². The topological polar surface area (TPSA) is 66.8 Å². The molecular formula is C17H21NO4. The molecule has 1 aliphatic rings. The van der Waals surface area contributed by atoms with Gasteiger partial charge in [0, 0.05) is 11.6 Å². The minimum atomic E-state index is -0.423. The predicted molar refractivity (Wildman–Crippen MR) is 83.6 cm³/mol. The monoisotopic (exact) mass is 303 g/mol. The molecule has 1 heterocycles. The molecular weight excluding hydrogens is 282 g/mol. The lowest BCUT2D eigenvalue weighted by atomic mass is 10.1. The maximum Gasteiger partial charge on any atom is 0.262 e.